The smallest absolute Gasteiger partial charge is 0.872 e. The van der Waals surface area contributed by atoms with Crippen LogP contribution in [0.5, 0.6) is 11.5 Å². The predicted molar refractivity (Wildman–Crippen MR) is 101 cm³/mol. The van der Waals surface area contributed by atoms with Crippen molar-refractivity contribution in [3.8, 4) is 11.5 Å². The van der Waals surface area contributed by atoms with Gasteiger partial charge in [0.2, 0.25) is 0 Å². The normalized spacial score (nSPS) is 9.93. The quantitative estimate of drug-likeness (QED) is 0.463. The van der Waals surface area contributed by atoms with Gasteiger partial charge in [0.25, 0.3) is 0 Å². The monoisotopic (exact) mass is 438 g/mol. The Morgan fingerprint density at radius 2 is 0.966 bits per heavy atom. The number of hydrogen-bond acceptors (Lipinski definition) is 4. The Kier molecular flexibility index (Phi) is 6.91. The molecule has 140 valence electrons. The third-order valence-corrected chi connectivity index (χ3v) is 4.13. The number of carboxylic acids is 2. The van der Waals surface area contributed by atoms with Crippen LogP contribution in [0.2, 0.25) is 0 Å². The fraction of sp³-hybridized carbons (Fsp3) is 0. The van der Waals surface area contributed by atoms with Gasteiger partial charge >= 0.3 is 31.4 Å². The average Bonchev–Trinajstić information content (AvgIpc) is 2.66. The van der Waals surface area contributed by atoms with Crippen molar-refractivity contribution in [2.75, 3.05) is 0 Å². The van der Waals surface area contributed by atoms with Gasteiger partial charge < -0.3 is 20.4 Å². The minimum Gasteiger partial charge on any atom is -0.872 e. The van der Waals surface area contributed by atoms with Crippen molar-refractivity contribution in [2.45, 2.75) is 0 Å². The second-order valence-corrected chi connectivity index (χ2v) is 5.99. The number of carbonyl (C=O) groups is 2. The van der Waals surface area contributed by atoms with Crippen molar-refractivity contribution in [2.24, 2.45) is 0 Å². The molecular formula is C22H14O6Zn. The maximum absolute atomic E-state index is 11.1. The van der Waals surface area contributed by atoms with Gasteiger partial charge in [-0.15, -0.1) is 11.5 Å². The second kappa shape index (κ2) is 9.17. The summed E-state index contributed by atoms with van der Waals surface area (Å²) in [7, 11) is 0. The Bertz CT molecular complexity index is 1110. The first-order chi connectivity index (χ1) is 13.4. The van der Waals surface area contributed by atoms with Gasteiger partial charge in [-0.3, -0.25) is 0 Å². The summed E-state index contributed by atoms with van der Waals surface area (Å²) in [6, 6.07) is 19.0. The van der Waals surface area contributed by atoms with E-state index in [1.165, 1.54) is 12.1 Å². The van der Waals surface area contributed by atoms with Crippen LogP contribution in [0.1, 0.15) is 20.7 Å². The molecule has 6 nitrogen and oxygen atoms in total. The molecule has 0 bridgehead atoms. The molecular weight excluding hydrogens is 426 g/mol. The van der Waals surface area contributed by atoms with Gasteiger partial charge in [-0.05, 0) is 21.5 Å². The number of aromatic carboxylic acids is 2. The molecule has 0 spiro atoms. The van der Waals surface area contributed by atoms with Crippen LogP contribution < -0.4 is 10.2 Å². The number of benzene rings is 4. The van der Waals surface area contributed by atoms with Crippen LogP contribution >= 0.6 is 0 Å². The van der Waals surface area contributed by atoms with E-state index in [2.05, 4.69) is 0 Å². The zero-order valence-corrected chi connectivity index (χ0v) is 18.1. The molecule has 0 atom stereocenters. The van der Waals surface area contributed by atoms with E-state index < -0.39 is 11.9 Å². The molecule has 2 N–H and O–H groups in total. The minimum absolute atomic E-state index is 0. The third-order valence-electron chi connectivity index (χ3n) is 4.13. The number of rotatable bonds is 2. The van der Waals surface area contributed by atoms with Crippen molar-refractivity contribution < 1.29 is 49.5 Å². The van der Waals surface area contributed by atoms with E-state index in [1.54, 1.807) is 48.5 Å². The van der Waals surface area contributed by atoms with Crippen LogP contribution in [0.3, 0.4) is 0 Å². The number of fused-ring (bicyclic) bond motifs is 2. The number of hydrogen-bond donors (Lipinski definition) is 2. The van der Waals surface area contributed by atoms with E-state index in [1.807, 2.05) is 0 Å². The molecule has 7 heteroatoms. The fourth-order valence-corrected chi connectivity index (χ4v) is 2.92. The molecule has 4 aromatic rings. The van der Waals surface area contributed by atoms with Gasteiger partial charge in [-0.25, -0.2) is 9.59 Å². The van der Waals surface area contributed by atoms with E-state index in [-0.39, 0.29) is 42.1 Å². The summed E-state index contributed by atoms with van der Waals surface area (Å²) < 4.78 is 0. The topological polar surface area (TPSA) is 121 Å². The molecule has 0 radical (unpaired) electrons. The van der Waals surface area contributed by atoms with E-state index in [0.29, 0.717) is 21.5 Å². The van der Waals surface area contributed by atoms with Crippen molar-refractivity contribution in [3.63, 3.8) is 0 Å². The van der Waals surface area contributed by atoms with Crippen LogP contribution in [0.15, 0.2) is 72.8 Å². The minimum atomic E-state index is -1.07. The van der Waals surface area contributed by atoms with Gasteiger partial charge in [0.15, 0.2) is 0 Å². The Morgan fingerprint density at radius 3 is 1.31 bits per heavy atom. The van der Waals surface area contributed by atoms with Crippen molar-refractivity contribution >= 4 is 33.5 Å². The first-order valence-corrected chi connectivity index (χ1v) is 8.23. The van der Waals surface area contributed by atoms with Crippen molar-refractivity contribution in [1.82, 2.24) is 0 Å². The Hall–Kier alpha value is -3.44. The van der Waals surface area contributed by atoms with Crippen LogP contribution in [0.25, 0.3) is 21.5 Å². The molecule has 0 heterocycles. The van der Waals surface area contributed by atoms with Crippen LogP contribution in [-0.2, 0) is 19.5 Å². The SMILES string of the molecule is O=C(O)c1cc([O-])cc2ccccc12.O=C(O)c1cc([O-])cc2ccccc12.[Zn+2]. The van der Waals surface area contributed by atoms with Gasteiger partial charge in [-0.1, -0.05) is 72.8 Å². The maximum atomic E-state index is 11.1. The molecule has 0 aliphatic carbocycles. The van der Waals surface area contributed by atoms with Gasteiger partial charge in [0.1, 0.15) is 0 Å². The summed E-state index contributed by atoms with van der Waals surface area (Å²) in [4.78, 5) is 21.7. The Morgan fingerprint density at radius 1 is 0.621 bits per heavy atom. The van der Waals surface area contributed by atoms with Crippen LogP contribution in [-0.4, -0.2) is 22.2 Å². The summed E-state index contributed by atoms with van der Waals surface area (Å²) in [5.41, 5.74) is 0.126. The zero-order valence-electron chi connectivity index (χ0n) is 15.2. The van der Waals surface area contributed by atoms with Gasteiger partial charge in [0, 0.05) is 0 Å². The molecule has 0 aliphatic rings. The second-order valence-electron chi connectivity index (χ2n) is 5.99. The molecule has 0 aliphatic heterocycles. The number of carboxylic acid groups (broad SMARTS) is 2. The summed E-state index contributed by atoms with van der Waals surface area (Å²) in [5.74, 6) is -2.69. The van der Waals surface area contributed by atoms with Crippen molar-refractivity contribution in [3.05, 3.63) is 83.9 Å². The molecule has 0 saturated heterocycles. The molecule has 0 amide bonds. The summed E-state index contributed by atoms with van der Waals surface area (Å²) in [6.07, 6.45) is 0. The molecule has 0 saturated carbocycles. The van der Waals surface area contributed by atoms with Gasteiger partial charge in [-0.2, -0.15) is 0 Å². The summed E-state index contributed by atoms with van der Waals surface area (Å²) in [5, 5.41) is 42.5. The van der Waals surface area contributed by atoms with Crippen LogP contribution in [0.4, 0.5) is 0 Å². The average molecular weight is 440 g/mol. The van der Waals surface area contributed by atoms with E-state index in [9.17, 15) is 19.8 Å². The standard InChI is InChI=1S/2C11H8O3.Zn/c2*12-8-5-7-3-1-2-4-9(7)10(6-8)11(13)14;/h2*1-6,12H,(H,13,14);/q;;+2/p-2. The molecule has 4 rings (SSSR count). The molecule has 0 unspecified atom stereocenters. The summed E-state index contributed by atoms with van der Waals surface area (Å²) >= 11 is 0. The Labute approximate surface area is 178 Å². The molecule has 0 aromatic heterocycles. The van der Waals surface area contributed by atoms with Gasteiger partial charge in [0.05, 0.1) is 11.1 Å². The first kappa shape index (κ1) is 21.9. The maximum Gasteiger partial charge on any atom is 2.00 e. The predicted octanol–water partition coefficient (Wildman–Crippen LogP) is 3.22. The molecule has 4 aromatic carbocycles. The Balaban J connectivity index is 0.000000200. The van der Waals surface area contributed by atoms with E-state index in [4.69, 9.17) is 10.2 Å². The van der Waals surface area contributed by atoms with Crippen molar-refractivity contribution in [1.29, 1.82) is 0 Å². The third kappa shape index (κ3) is 4.89. The fourth-order valence-electron chi connectivity index (χ4n) is 2.92. The first-order valence-electron chi connectivity index (χ1n) is 8.23. The largest absolute Gasteiger partial charge is 2.00 e. The van der Waals surface area contributed by atoms with E-state index >= 15 is 0 Å². The van der Waals surface area contributed by atoms with E-state index in [0.717, 1.165) is 12.1 Å². The molecule has 29 heavy (non-hydrogen) atoms. The summed E-state index contributed by atoms with van der Waals surface area (Å²) in [6.45, 7) is 0. The van der Waals surface area contributed by atoms with Crippen LogP contribution in [0, 0.1) is 0 Å². The molecule has 0 fully saturated rings. The zero-order chi connectivity index (χ0) is 20.3.